The molecule has 0 radical (unpaired) electrons. The molecule has 0 saturated carbocycles. The van der Waals surface area contributed by atoms with Crippen molar-refractivity contribution >= 4 is 11.9 Å². The molecule has 0 fully saturated rings. The Labute approximate surface area is 102 Å². The molecule has 0 amide bonds. The Morgan fingerprint density at radius 1 is 1.18 bits per heavy atom. The molecule has 0 aromatic rings. The SMILES string of the molecule is C=CC(=O)O.C=CC(=O)OCCOCCCC. The van der Waals surface area contributed by atoms with Crippen LogP contribution in [0, 0.1) is 0 Å². The number of carboxylic acids is 1. The minimum atomic E-state index is -0.981. The highest BCUT2D eigenvalue weighted by molar-refractivity contribution is 5.81. The van der Waals surface area contributed by atoms with Crippen LogP contribution in [0.1, 0.15) is 19.8 Å². The summed E-state index contributed by atoms with van der Waals surface area (Å²) >= 11 is 0. The minimum absolute atomic E-state index is 0.314. The molecule has 0 bridgehead atoms. The Hall–Kier alpha value is -1.62. The van der Waals surface area contributed by atoms with E-state index < -0.39 is 11.9 Å². The first-order chi connectivity index (χ1) is 8.08. The Bertz CT molecular complexity index is 235. The maximum absolute atomic E-state index is 10.5. The van der Waals surface area contributed by atoms with Crippen LogP contribution in [0.2, 0.25) is 0 Å². The van der Waals surface area contributed by atoms with Crippen molar-refractivity contribution in [3.63, 3.8) is 0 Å². The summed E-state index contributed by atoms with van der Waals surface area (Å²) in [4.78, 5) is 19.8. The molecule has 5 heteroatoms. The van der Waals surface area contributed by atoms with E-state index in [1.807, 2.05) is 0 Å². The number of aliphatic carboxylic acids is 1. The summed E-state index contributed by atoms with van der Waals surface area (Å²) in [7, 11) is 0. The zero-order valence-electron chi connectivity index (χ0n) is 10.2. The molecule has 0 aromatic heterocycles. The Kier molecular flexibility index (Phi) is 15.0. The molecule has 0 saturated heterocycles. The van der Waals surface area contributed by atoms with E-state index in [4.69, 9.17) is 9.84 Å². The van der Waals surface area contributed by atoms with Gasteiger partial charge in [0.15, 0.2) is 0 Å². The molecule has 0 unspecified atom stereocenters. The number of hydrogen-bond donors (Lipinski definition) is 1. The van der Waals surface area contributed by atoms with Crippen molar-refractivity contribution in [2.75, 3.05) is 19.8 Å². The molecule has 0 heterocycles. The van der Waals surface area contributed by atoms with Crippen molar-refractivity contribution in [2.24, 2.45) is 0 Å². The molecule has 17 heavy (non-hydrogen) atoms. The van der Waals surface area contributed by atoms with E-state index >= 15 is 0 Å². The lowest BCUT2D eigenvalue weighted by Crippen LogP contribution is -2.08. The number of hydrogen-bond acceptors (Lipinski definition) is 4. The van der Waals surface area contributed by atoms with Crippen LogP contribution >= 0.6 is 0 Å². The first-order valence-corrected chi connectivity index (χ1v) is 5.30. The third kappa shape index (κ3) is 20.5. The second kappa shape index (κ2) is 14.4. The van der Waals surface area contributed by atoms with Crippen molar-refractivity contribution in [1.29, 1.82) is 0 Å². The van der Waals surface area contributed by atoms with Crippen LogP contribution in [0.15, 0.2) is 25.3 Å². The van der Waals surface area contributed by atoms with Gasteiger partial charge in [0.1, 0.15) is 6.61 Å². The lowest BCUT2D eigenvalue weighted by Gasteiger charge is -2.02. The highest BCUT2D eigenvalue weighted by Crippen LogP contribution is 1.88. The van der Waals surface area contributed by atoms with Gasteiger partial charge in [0.2, 0.25) is 0 Å². The fourth-order valence-electron chi connectivity index (χ4n) is 0.609. The predicted molar refractivity (Wildman–Crippen MR) is 64.7 cm³/mol. The highest BCUT2D eigenvalue weighted by Gasteiger charge is 1.93. The average Bonchev–Trinajstić information content (AvgIpc) is 2.33. The zero-order chi connectivity index (χ0) is 13.5. The predicted octanol–water partition coefficient (Wildman–Crippen LogP) is 1.79. The maximum atomic E-state index is 10.5. The third-order valence-electron chi connectivity index (χ3n) is 1.46. The fraction of sp³-hybridized carbons (Fsp3) is 0.500. The summed E-state index contributed by atoms with van der Waals surface area (Å²) in [6, 6.07) is 0. The molecular formula is C12H20O5. The van der Waals surface area contributed by atoms with E-state index in [0.717, 1.165) is 31.6 Å². The monoisotopic (exact) mass is 244 g/mol. The fourth-order valence-corrected chi connectivity index (χ4v) is 0.609. The van der Waals surface area contributed by atoms with Crippen molar-refractivity contribution in [2.45, 2.75) is 19.8 Å². The minimum Gasteiger partial charge on any atom is -0.478 e. The molecule has 0 aromatic carbocycles. The Balaban J connectivity index is 0. The van der Waals surface area contributed by atoms with E-state index in [9.17, 15) is 9.59 Å². The zero-order valence-corrected chi connectivity index (χ0v) is 10.2. The van der Waals surface area contributed by atoms with Gasteiger partial charge >= 0.3 is 11.9 Å². The largest absolute Gasteiger partial charge is 0.478 e. The first-order valence-electron chi connectivity index (χ1n) is 5.30. The first kappa shape index (κ1) is 17.8. The quantitative estimate of drug-likeness (QED) is 0.400. The topological polar surface area (TPSA) is 72.8 Å². The molecule has 98 valence electrons. The summed E-state index contributed by atoms with van der Waals surface area (Å²) < 4.78 is 9.85. The second-order valence-corrected chi connectivity index (χ2v) is 2.88. The molecule has 5 nitrogen and oxygen atoms in total. The summed E-state index contributed by atoms with van der Waals surface area (Å²) in [5.74, 6) is -1.38. The van der Waals surface area contributed by atoms with Gasteiger partial charge in [0.05, 0.1) is 6.61 Å². The third-order valence-corrected chi connectivity index (χ3v) is 1.46. The van der Waals surface area contributed by atoms with Crippen LogP contribution in [0.3, 0.4) is 0 Å². The van der Waals surface area contributed by atoms with Crippen LogP contribution in [-0.4, -0.2) is 36.9 Å². The van der Waals surface area contributed by atoms with Gasteiger partial charge in [-0.05, 0) is 6.42 Å². The molecular weight excluding hydrogens is 224 g/mol. The van der Waals surface area contributed by atoms with Gasteiger partial charge in [0.25, 0.3) is 0 Å². The van der Waals surface area contributed by atoms with Crippen molar-refractivity contribution in [1.82, 2.24) is 0 Å². The Morgan fingerprint density at radius 2 is 1.76 bits per heavy atom. The lowest BCUT2D eigenvalue weighted by atomic mass is 10.4. The van der Waals surface area contributed by atoms with Gasteiger partial charge in [-0.25, -0.2) is 9.59 Å². The van der Waals surface area contributed by atoms with Gasteiger partial charge in [-0.15, -0.1) is 0 Å². The number of carbonyl (C=O) groups is 2. The van der Waals surface area contributed by atoms with Crippen molar-refractivity contribution < 1.29 is 24.2 Å². The Morgan fingerprint density at radius 3 is 2.18 bits per heavy atom. The van der Waals surface area contributed by atoms with Gasteiger partial charge in [-0.3, -0.25) is 0 Å². The molecule has 0 aliphatic carbocycles. The molecule has 0 rings (SSSR count). The van der Waals surface area contributed by atoms with Crippen molar-refractivity contribution in [3.8, 4) is 0 Å². The van der Waals surface area contributed by atoms with Gasteiger partial charge < -0.3 is 14.6 Å². The number of unbranched alkanes of at least 4 members (excludes halogenated alkanes) is 1. The van der Waals surface area contributed by atoms with Crippen LogP contribution < -0.4 is 0 Å². The maximum Gasteiger partial charge on any atom is 0.330 e. The van der Waals surface area contributed by atoms with Crippen LogP contribution in [0.25, 0.3) is 0 Å². The number of esters is 1. The second-order valence-electron chi connectivity index (χ2n) is 2.88. The van der Waals surface area contributed by atoms with Gasteiger partial charge in [0, 0.05) is 18.8 Å². The summed E-state index contributed by atoms with van der Waals surface area (Å²) in [5, 5.41) is 7.60. The lowest BCUT2D eigenvalue weighted by molar-refractivity contribution is -0.139. The summed E-state index contributed by atoms with van der Waals surface area (Å²) in [6.07, 6.45) is 4.15. The summed E-state index contributed by atoms with van der Waals surface area (Å²) in [5.41, 5.74) is 0. The molecule has 0 atom stereocenters. The van der Waals surface area contributed by atoms with Crippen LogP contribution in [-0.2, 0) is 19.1 Å². The normalized spacial score (nSPS) is 8.53. The van der Waals surface area contributed by atoms with Crippen LogP contribution in [0.4, 0.5) is 0 Å². The highest BCUT2D eigenvalue weighted by atomic mass is 16.6. The molecule has 0 spiro atoms. The smallest absolute Gasteiger partial charge is 0.330 e. The standard InChI is InChI=1S/C9H16O3.C3H4O2/c1-3-5-6-11-7-8-12-9(10)4-2;1-2-3(4)5/h4H,2-3,5-8H2,1H3;2H,1H2,(H,4,5). The molecule has 0 aliphatic rings. The summed E-state index contributed by atoms with van der Waals surface area (Å²) in [6.45, 7) is 9.86. The van der Waals surface area contributed by atoms with E-state index in [2.05, 4.69) is 24.8 Å². The van der Waals surface area contributed by atoms with E-state index in [-0.39, 0.29) is 0 Å². The van der Waals surface area contributed by atoms with E-state index in [0.29, 0.717) is 13.2 Å². The molecule has 0 aliphatic heterocycles. The van der Waals surface area contributed by atoms with Crippen molar-refractivity contribution in [3.05, 3.63) is 25.3 Å². The van der Waals surface area contributed by atoms with Crippen LogP contribution in [0.5, 0.6) is 0 Å². The van der Waals surface area contributed by atoms with E-state index in [1.165, 1.54) is 0 Å². The molecule has 1 N–H and O–H groups in total. The number of rotatable bonds is 8. The number of carbonyl (C=O) groups excluding carboxylic acids is 1. The van der Waals surface area contributed by atoms with Gasteiger partial charge in [-0.1, -0.05) is 26.5 Å². The van der Waals surface area contributed by atoms with E-state index in [1.54, 1.807) is 0 Å². The van der Waals surface area contributed by atoms with Gasteiger partial charge in [-0.2, -0.15) is 0 Å². The average molecular weight is 244 g/mol. The number of ether oxygens (including phenoxy) is 2. The number of carboxylic acid groups (broad SMARTS) is 1.